The highest BCUT2D eigenvalue weighted by Crippen LogP contribution is 2.32. The van der Waals surface area contributed by atoms with Crippen LogP contribution in [0.15, 0.2) is 30.5 Å². The van der Waals surface area contributed by atoms with Crippen molar-refractivity contribution in [2.24, 2.45) is 11.8 Å². The molecule has 10 heteroatoms. The summed E-state index contributed by atoms with van der Waals surface area (Å²) in [6.07, 6.45) is 0.679. The summed E-state index contributed by atoms with van der Waals surface area (Å²) in [7, 11) is 1.38. The molecule has 1 heterocycles. The highest BCUT2D eigenvalue weighted by Gasteiger charge is 2.31. The number of benzene rings is 1. The maximum atomic E-state index is 14.7. The van der Waals surface area contributed by atoms with Gasteiger partial charge in [0.1, 0.15) is 18.0 Å². The number of aromatic nitrogens is 1. The zero-order valence-electron chi connectivity index (χ0n) is 23.2. The number of esters is 2. The maximum absolute atomic E-state index is 14.7. The first-order chi connectivity index (χ1) is 17.9. The smallest absolute Gasteiger partial charge is 0.328 e. The van der Waals surface area contributed by atoms with Crippen molar-refractivity contribution in [3.8, 4) is 11.5 Å². The summed E-state index contributed by atoms with van der Waals surface area (Å²) in [6.45, 7) is 11.7. The average Bonchev–Trinajstić information content (AvgIpc) is 2.84. The minimum atomic E-state index is -1.06. The summed E-state index contributed by atoms with van der Waals surface area (Å²) in [6, 6.07) is 5.40. The van der Waals surface area contributed by atoms with E-state index in [-0.39, 0.29) is 34.8 Å². The number of rotatable bonds is 12. The van der Waals surface area contributed by atoms with Crippen LogP contribution in [0, 0.1) is 24.6 Å². The Morgan fingerprint density at radius 2 is 1.71 bits per heavy atom. The third-order valence-electron chi connectivity index (χ3n) is 5.92. The number of carbonyl (C=O) groups is 3. The van der Waals surface area contributed by atoms with Crippen LogP contribution in [0.5, 0.6) is 11.5 Å². The Morgan fingerprint density at radius 3 is 2.29 bits per heavy atom. The summed E-state index contributed by atoms with van der Waals surface area (Å²) in [4.78, 5) is 41.7. The van der Waals surface area contributed by atoms with Crippen LogP contribution >= 0.6 is 0 Å². The van der Waals surface area contributed by atoms with E-state index in [0.717, 1.165) is 5.56 Å². The van der Waals surface area contributed by atoms with E-state index in [1.165, 1.54) is 32.4 Å². The van der Waals surface area contributed by atoms with Crippen molar-refractivity contribution in [1.82, 2.24) is 10.3 Å². The largest absolute Gasteiger partial charge is 0.493 e. The van der Waals surface area contributed by atoms with Crippen LogP contribution in [0.2, 0.25) is 0 Å². The van der Waals surface area contributed by atoms with Crippen molar-refractivity contribution in [2.45, 2.75) is 66.5 Å². The topological polar surface area (TPSA) is 113 Å². The lowest BCUT2D eigenvalue weighted by molar-refractivity contribution is -0.154. The van der Waals surface area contributed by atoms with Crippen LogP contribution in [0.25, 0.3) is 0 Å². The Bertz CT molecular complexity index is 1140. The zero-order chi connectivity index (χ0) is 28.6. The van der Waals surface area contributed by atoms with Gasteiger partial charge in [-0.05, 0) is 43.9 Å². The van der Waals surface area contributed by atoms with E-state index in [2.05, 4.69) is 10.3 Å². The van der Waals surface area contributed by atoms with Gasteiger partial charge in [0.05, 0.1) is 13.0 Å². The molecule has 0 aliphatic carbocycles. The summed E-state index contributed by atoms with van der Waals surface area (Å²) in [5.41, 5.74) is 1.09. The van der Waals surface area contributed by atoms with Gasteiger partial charge in [-0.1, -0.05) is 39.8 Å². The molecule has 0 aliphatic rings. The van der Waals surface area contributed by atoms with Gasteiger partial charge in [-0.15, -0.1) is 0 Å². The lowest BCUT2D eigenvalue weighted by Crippen LogP contribution is -2.42. The number of pyridine rings is 1. The van der Waals surface area contributed by atoms with Gasteiger partial charge in [0.15, 0.2) is 17.2 Å². The molecule has 3 unspecified atom stereocenters. The van der Waals surface area contributed by atoms with Crippen LogP contribution in [0.3, 0.4) is 0 Å². The fourth-order valence-corrected chi connectivity index (χ4v) is 3.94. The summed E-state index contributed by atoms with van der Waals surface area (Å²) in [5, 5.41) is 2.54. The minimum absolute atomic E-state index is 0.0228. The molecule has 0 saturated carbocycles. The first kappa shape index (κ1) is 30.5. The van der Waals surface area contributed by atoms with Crippen molar-refractivity contribution in [1.29, 1.82) is 0 Å². The number of hydrogen-bond donors (Lipinski definition) is 1. The predicted octanol–water partition coefficient (Wildman–Crippen LogP) is 4.56. The van der Waals surface area contributed by atoms with Gasteiger partial charge in [-0.25, -0.2) is 14.2 Å². The molecule has 208 valence electrons. The third-order valence-corrected chi connectivity index (χ3v) is 5.92. The molecule has 0 aliphatic heterocycles. The van der Waals surface area contributed by atoms with Crippen molar-refractivity contribution in [3.63, 3.8) is 0 Å². The monoisotopic (exact) mass is 532 g/mol. The highest BCUT2D eigenvalue weighted by atomic mass is 19.1. The van der Waals surface area contributed by atoms with Crippen LogP contribution in [-0.4, -0.2) is 48.9 Å². The molecule has 0 spiro atoms. The number of amides is 1. The molecule has 1 N–H and O–H groups in total. The second-order valence-corrected chi connectivity index (χ2v) is 9.70. The molecule has 0 saturated heterocycles. The molecular formula is C28H37FN2O7. The molecule has 2 aromatic rings. The summed E-state index contributed by atoms with van der Waals surface area (Å²) < 4.78 is 36.1. The quantitative estimate of drug-likeness (QED) is 0.313. The van der Waals surface area contributed by atoms with E-state index in [1.807, 2.05) is 19.9 Å². The standard InChI is InChI=1S/C28H37FN2O7/c1-15(2)23(20-10-9-17(5)13-21(20)29)19(7)38-28(34)18(6)31-26(32)24-25(22(35-8)11-12-30-24)36-14-37-27(33)16(3)4/h9-13,15-16,18-19,23H,14H2,1-8H3,(H,31,32). The Hall–Kier alpha value is -3.69. The molecule has 0 bridgehead atoms. The van der Waals surface area contributed by atoms with Crippen molar-refractivity contribution >= 4 is 17.8 Å². The van der Waals surface area contributed by atoms with E-state index in [4.69, 9.17) is 18.9 Å². The molecule has 1 aromatic heterocycles. The van der Waals surface area contributed by atoms with E-state index < -0.39 is 42.7 Å². The SMILES string of the molecule is COc1ccnc(C(=O)NC(C)C(=O)OC(C)C(c2ccc(C)cc2F)C(C)C)c1OCOC(=O)C(C)C. The van der Waals surface area contributed by atoms with Crippen LogP contribution in [0.4, 0.5) is 4.39 Å². The van der Waals surface area contributed by atoms with Crippen molar-refractivity contribution in [2.75, 3.05) is 13.9 Å². The number of nitrogens with zero attached hydrogens (tertiary/aromatic N) is 1. The summed E-state index contributed by atoms with van der Waals surface area (Å²) in [5.74, 6) is -2.89. The van der Waals surface area contributed by atoms with Crippen LogP contribution in [0.1, 0.15) is 69.1 Å². The predicted molar refractivity (Wildman–Crippen MR) is 138 cm³/mol. The first-order valence-corrected chi connectivity index (χ1v) is 12.5. The third kappa shape index (κ3) is 7.90. The Kier molecular flexibility index (Phi) is 11.0. The number of ether oxygens (including phenoxy) is 4. The lowest BCUT2D eigenvalue weighted by atomic mass is 9.83. The van der Waals surface area contributed by atoms with E-state index in [9.17, 15) is 18.8 Å². The van der Waals surface area contributed by atoms with Crippen molar-refractivity contribution < 1.29 is 37.7 Å². The fraction of sp³-hybridized carbons (Fsp3) is 0.500. The number of carbonyl (C=O) groups excluding carboxylic acids is 3. The number of methoxy groups -OCH3 is 1. The zero-order valence-corrected chi connectivity index (χ0v) is 23.2. The number of halogens is 1. The Balaban J connectivity index is 2.13. The molecule has 1 aromatic carbocycles. The van der Waals surface area contributed by atoms with Gasteiger partial charge in [-0.2, -0.15) is 0 Å². The molecule has 0 fully saturated rings. The molecule has 2 rings (SSSR count). The highest BCUT2D eigenvalue weighted by molar-refractivity contribution is 5.98. The molecular weight excluding hydrogens is 495 g/mol. The van der Waals surface area contributed by atoms with Gasteiger partial charge >= 0.3 is 11.9 Å². The van der Waals surface area contributed by atoms with Gasteiger partial charge in [-0.3, -0.25) is 9.59 Å². The summed E-state index contributed by atoms with van der Waals surface area (Å²) >= 11 is 0. The molecule has 3 atom stereocenters. The normalized spacial score (nSPS) is 13.4. The van der Waals surface area contributed by atoms with Gasteiger partial charge in [0, 0.05) is 18.2 Å². The maximum Gasteiger partial charge on any atom is 0.328 e. The van der Waals surface area contributed by atoms with Crippen LogP contribution in [-0.2, 0) is 19.1 Å². The first-order valence-electron chi connectivity index (χ1n) is 12.5. The van der Waals surface area contributed by atoms with E-state index in [0.29, 0.717) is 5.56 Å². The second kappa shape index (κ2) is 13.7. The minimum Gasteiger partial charge on any atom is -0.493 e. The fourth-order valence-electron chi connectivity index (χ4n) is 3.94. The molecule has 1 amide bonds. The Labute approximate surface area is 223 Å². The molecule has 9 nitrogen and oxygen atoms in total. The lowest BCUT2D eigenvalue weighted by Gasteiger charge is -2.29. The number of hydrogen-bond acceptors (Lipinski definition) is 8. The average molecular weight is 533 g/mol. The Morgan fingerprint density at radius 1 is 1.03 bits per heavy atom. The van der Waals surface area contributed by atoms with Crippen molar-refractivity contribution in [3.05, 3.63) is 53.1 Å². The van der Waals surface area contributed by atoms with E-state index >= 15 is 0 Å². The van der Waals surface area contributed by atoms with E-state index in [1.54, 1.807) is 33.8 Å². The van der Waals surface area contributed by atoms with Gasteiger partial charge < -0.3 is 24.3 Å². The molecule has 0 radical (unpaired) electrons. The molecule has 38 heavy (non-hydrogen) atoms. The van der Waals surface area contributed by atoms with Gasteiger partial charge in [0.2, 0.25) is 6.79 Å². The van der Waals surface area contributed by atoms with Gasteiger partial charge in [0.25, 0.3) is 5.91 Å². The number of nitrogens with one attached hydrogen (secondary N) is 1. The number of aryl methyl sites for hydroxylation is 1. The second-order valence-electron chi connectivity index (χ2n) is 9.70. The van der Waals surface area contributed by atoms with Crippen LogP contribution < -0.4 is 14.8 Å².